The lowest BCUT2D eigenvalue weighted by molar-refractivity contribution is 0.510. The highest BCUT2D eigenvalue weighted by Crippen LogP contribution is 2.15. The smallest absolute Gasteiger partial charge is 0.0418 e. The van der Waals surface area contributed by atoms with Crippen LogP contribution in [0, 0.1) is 5.92 Å². The van der Waals surface area contributed by atoms with E-state index in [-0.39, 0.29) is 24.8 Å². The first-order valence-corrected chi connectivity index (χ1v) is 4.01. The summed E-state index contributed by atoms with van der Waals surface area (Å²) >= 11 is 0. The molecule has 0 aromatic heterocycles. The zero-order valence-electron chi connectivity index (χ0n) is 7.17. The molecule has 0 bridgehead atoms. The summed E-state index contributed by atoms with van der Waals surface area (Å²) in [4.78, 5) is 0. The molecule has 0 saturated carbocycles. The highest BCUT2D eigenvalue weighted by molar-refractivity contribution is 5.85. The van der Waals surface area contributed by atoms with E-state index in [1.165, 1.54) is 0 Å². The maximum atomic E-state index is 3.50. The molecule has 2 rings (SSSR count). The molecule has 0 aliphatic carbocycles. The molecular formula is C8H16Cl2N2. The van der Waals surface area contributed by atoms with Crippen LogP contribution >= 0.6 is 24.8 Å². The minimum absolute atomic E-state index is 0. The predicted octanol–water partition coefficient (Wildman–Crippen LogP) is 0.967. The monoisotopic (exact) mass is 210 g/mol. The summed E-state index contributed by atoms with van der Waals surface area (Å²) in [5.41, 5.74) is 1.57. The lowest BCUT2D eigenvalue weighted by Gasteiger charge is -2.22. The normalized spacial score (nSPS) is 32.6. The van der Waals surface area contributed by atoms with Gasteiger partial charge >= 0.3 is 0 Å². The van der Waals surface area contributed by atoms with Crippen LogP contribution in [0.4, 0.5) is 0 Å². The van der Waals surface area contributed by atoms with Gasteiger partial charge in [-0.05, 0) is 11.5 Å². The number of halogens is 2. The molecule has 0 radical (unpaired) electrons. The first-order valence-electron chi connectivity index (χ1n) is 4.01. The quantitative estimate of drug-likeness (QED) is 0.583. The highest BCUT2D eigenvalue weighted by atomic mass is 35.5. The third-order valence-electron chi connectivity index (χ3n) is 2.31. The molecule has 12 heavy (non-hydrogen) atoms. The van der Waals surface area contributed by atoms with Gasteiger partial charge in [0.05, 0.1) is 0 Å². The van der Waals surface area contributed by atoms with Gasteiger partial charge in [-0.15, -0.1) is 24.8 Å². The van der Waals surface area contributed by atoms with E-state index in [9.17, 15) is 0 Å². The SMILES string of the molecule is CC1C=C2CNCC2NC1.Cl.Cl. The zero-order valence-corrected chi connectivity index (χ0v) is 8.80. The Morgan fingerprint density at radius 3 is 2.83 bits per heavy atom. The summed E-state index contributed by atoms with van der Waals surface area (Å²) in [7, 11) is 0. The number of hydrogen-bond donors (Lipinski definition) is 2. The van der Waals surface area contributed by atoms with Crippen LogP contribution in [0.2, 0.25) is 0 Å². The summed E-state index contributed by atoms with van der Waals surface area (Å²) < 4.78 is 0. The van der Waals surface area contributed by atoms with Gasteiger partial charge in [0.25, 0.3) is 0 Å². The lowest BCUT2D eigenvalue weighted by atomic mass is 9.99. The van der Waals surface area contributed by atoms with Gasteiger partial charge in [-0.1, -0.05) is 13.0 Å². The summed E-state index contributed by atoms with van der Waals surface area (Å²) in [6, 6.07) is 0.649. The zero-order chi connectivity index (χ0) is 6.97. The van der Waals surface area contributed by atoms with Gasteiger partial charge in [0.1, 0.15) is 0 Å². The van der Waals surface area contributed by atoms with Crippen LogP contribution in [0.1, 0.15) is 6.92 Å². The summed E-state index contributed by atoms with van der Waals surface area (Å²) in [6.45, 7) is 5.63. The van der Waals surface area contributed by atoms with Gasteiger partial charge in [-0.25, -0.2) is 0 Å². The van der Waals surface area contributed by atoms with E-state index in [0.717, 1.165) is 25.6 Å². The van der Waals surface area contributed by atoms with E-state index < -0.39 is 0 Å². The molecule has 1 saturated heterocycles. The largest absolute Gasteiger partial charge is 0.311 e. The molecule has 2 aliphatic rings. The predicted molar refractivity (Wildman–Crippen MR) is 56.4 cm³/mol. The molecule has 2 aliphatic heterocycles. The van der Waals surface area contributed by atoms with E-state index in [1.807, 2.05) is 0 Å². The van der Waals surface area contributed by atoms with Crippen molar-refractivity contribution in [2.45, 2.75) is 13.0 Å². The Balaban J connectivity index is 0.000000605. The number of hydrogen-bond acceptors (Lipinski definition) is 2. The van der Waals surface area contributed by atoms with Gasteiger partial charge in [-0.3, -0.25) is 0 Å². The first-order chi connectivity index (χ1) is 4.86. The van der Waals surface area contributed by atoms with Crippen molar-refractivity contribution in [2.24, 2.45) is 5.92 Å². The number of rotatable bonds is 0. The minimum Gasteiger partial charge on any atom is -0.311 e. The molecule has 2 unspecified atom stereocenters. The first kappa shape index (κ1) is 12.2. The van der Waals surface area contributed by atoms with Crippen molar-refractivity contribution in [1.82, 2.24) is 10.6 Å². The van der Waals surface area contributed by atoms with Crippen LogP contribution in [0.5, 0.6) is 0 Å². The average molecular weight is 211 g/mol. The minimum atomic E-state index is 0. The maximum Gasteiger partial charge on any atom is 0.0418 e. The number of nitrogens with one attached hydrogen (secondary N) is 2. The van der Waals surface area contributed by atoms with Gasteiger partial charge in [0.2, 0.25) is 0 Å². The van der Waals surface area contributed by atoms with Crippen LogP contribution in [0.3, 0.4) is 0 Å². The molecular weight excluding hydrogens is 195 g/mol. The van der Waals surface area contributed by atoms with Crippen molar-refractivity contribution < 1.29 is 0 Å². The Morgan fingerprint density at radius 2 is 2.08 bits per heavy atom. The molecule has 2 nitrogen and oxygen atoms in total. The Hall–Kier alpha value is 0.240. The van der Waals surface area contributed by atoms with Crippen LogP contribution in [0.15, 0.2) is 11.6 Å². The average Bonchev–Trinajstić information content (AvgIpc) is 2.33. The fourth-order valence-corrected chi connectivity index (χ4v) is 1.75. The van der Waals surface area contributed by atoms with Gasteiger partial charge in [0, 0.05) is 25.7 Å². The topological polar surface area (TPSA) is 24.1 Å². The van der Waals surface area contributed by atoms with Crippen LogP contribution in [0.25, 0.3) is 0 Å². The van der Waals surface area contributed by atoms with Gasteiger partial charge < -0.3 is 10.6 Å². The molecule has 0 aromatic rings. The van der Waals surface area contributed by atoms with E-state index in [0.29, 0.717) is 6.04 Å². The lowest BCUT2D eigenvalue weighted by Crippen LogP contribution is -2.38. The van der Waals surface area contributed by atoms with Gasteiger partial charge in [0.15, 0.2) is 0 Å². The fraction of sp³-hybridized carbons (Fsp3) is 0.750. The van der Waals surface area contributed by atoms with Crippen molar-refractivity contribution in [3.63, 3.8) is 0 Å². The second kappa shape index (κ2) is 5.07. The number of fused-ring (bicyclic) bond motifs is 1. The molecule has 2 heterocycles. The molecule has 4 heteroatoms. The molecule has 0 amide bonds. The second-order valence-electron chi connectivity index (χ2n) is 3.31. The Labute approximate surface area is 86.0 Å². The summed E-state index contributed by atoms with van der Waals surface area (Å²) in [5.74, 6) is 0.728. The maximum absolute atomic E-state index is 3.50. The van der Waals surface area contributed by atoms with E-state index in [1.54, 1.807) is 5.57 Å². The van der Waals surface area contributed by atoms with Crippen molar-refractivity contribution in [2.75, 3.05) is 19.6 Å². The molecule has 2 N–H and O–H groups in total. The molecule has 72 valence electrons. The van der Waals surface area contributed by atoms with Crippen LogP contribution in [-0.2, 0) is 0 Å². The summed E-state index contributed by atoms with van der Waals surface area (Å²) in [6.07, 6.45) is 2.40. The van der Waals surface area contributed by atoms with E-state index in [2.05, 4.69) is 23.6 Å². The molecule has 2 atom stereocenters. The second-order valence-corrected chi connectivity index (χ2v) is 3.31. The Morgan fingerprint density at radius 1 is 1.33 bits per heavy atom. The molecule has 0 aromatic carbocycles. The highest BCUT2D eigenvalue weighted by Gasteiger charge is 2.23. The van der Waals surface area contributed by atoms with Crippen molar-refractivity contribution in [3.05, 3.63) is 11.6 Å². The van der Waals surface area contributed by atoms with Crippen molar-refractivity contribution in [1.29, 1.82) is 0 Å². The van der Waals surface area contributed by atoms with Gasteiger partial charge in [-0.2, -0.15) is 0 Å². The molecule has 0 spiro atoms. The standard InChI is InChI=1S/C8H14N2.2ClH/c1-6-2-7-4-9-5-8(7)10-3-6;;/h2,6,8-10H,3-5H2,1H3;2*1H. The van der Waals surface area contributed by atoms with E-state index in [4.69, 9.17) is 0 Å². The Bertz CT molecular complexity index is 170. The molecule has 1 fully saturated rings. The Kier molecular flexibility index (Phi) is 5.18. The van der Waals surface area contributed by atoms with Crippen LogP contribution < -0.4 is 10.6 Å². The summed E-state index contributed by atoms with van der Waals surface area (Å²) in [5, 5.41) is 6.85. The fourth-order valence-electron chi connectivity index (χ4n) is 1.75. The van der Waals surface area contributed by atoms with Crippen molar-refractivity contribution in [3.8, 4) is 0 Å². The third-order valence-corrected chi connectivity index (χ3v) is 2.31. The third kappa shape index (κ3) is 2.36. The van der Waals surface area contributed by atoms with E-state index >= 15 is 0 Å². The van der Waals surface area contributed by atoms with Crippen LogP contribution in [-0.4, -0.2) is 25.7 Å². The van der Waals surface area contributed by atoms with Crippen molar-refractivity contribution >= 4 is 24.8 Å².